The summed E-state index contributed by atoms with van der Waals surface area (Å²) in [6, 6.07) is 0.522. The van der Waals surface area contributed by atoms with Gasteiger partial charge in [-0.3, -0.25) is 0 Å². The van der Waals surface area contributed by atoms with Crippen molar-refractivity contribution in [1.82, 2.24) is 15.0 Å². The molecule has 2 heterocycles. The lowest BCUT2D eigenvalue weighted by molar-refractivity contribution is 0.308. The molecule has 6 heteroatoms. The van der Waals surface area contributed by atoms with Gasteiger partial charge in [-0.25, -0.2) is 0 Å². The minimum absolute atomic E-state index is 0.522. The van der Waals surface area contributed by atoms with Crippen molar-refractivity contribution in [3.05, 3.63) is 0 Å². The van der Waals surface area contributed by atoms with Crippen molar-refractivity contribution in [2.24, 2.45) is 5.92 Å². The monoisotopic (exact) mass is 262 g/mol. The number of nitrogens with one attached hydrogen (secondary N) is 2. The topological polar surface area (TPSA) is 66.0 Å². The van der Waals surface area contributed by atoms with Crippen molar-refractivity contribution >= 4 is 17.8 Å². The third-order valence-electron chi connectivity index (χ3n) is 3.94. The molecule has 2 aliphatic rings. The fraction of sp³-hybridized carbons (Fsp3) is 0.769. The second-order valence-corrected chi connectivity index (χ2v) is 5.64. The highest BCUT2D eigenvalue weighted by molar-refractivity contribution is 5.44. The molecular formula is C13H22N6. The molecular weight excluding hydrogens is 240 g/mol. The summed E-state index contributed by atoms with van der Waals surface area (Å²) in [5.41, 5.74) is 0. The maximum Gasteiger partial charge on any atom is 0.231 e. The predicted octanol–water partition coefficient (Wildman–Crippen LogP) is 1.72. The molecule has 1 aromatic rings. The van der Waals surface area contributed by atoms with E-state index in [1.165, 1.54) is 25.7 Å². The fourth-order valence-corrected chi connectivity index (χ4v) is 2.80. The summed E-state index contributed by atoms with van der Waals surface area (Å²) in [6.07, 6.45) is 4.87. The van der Waals surface area contributed by atoms with Crippen LogP contribution in [0.4, 0.5) is 17.8 Å². The summed E-state index contributed by atoms with van der Waals surface area (Å²) in [5, 5.41) is 6.44. The molecule has 1 aromatic heterocycles. The molecule has 0 atom stereocenters. The zero-order valence-corrected chi connectivity index (χ0v) is 11.7. The predicted molar refractivity (Wildman–Crippen MR) is 76.6 cm³/mol. The Morgan fingerprint density at radius 3 is 2.37 bits per heavy atom. The summed E-state index contributed by atoms with van der Waals surface area (Å²) in [5.74, 6) is 2.97. The van der Waals surface area contributed by atoms with E-state index in [2.05, 4.69) is 37.4 Å². The summed E-state index contributed by atoms with van der Waals surface area (Å²) >= 11 is 0. The van der Waals surface area contributed by atoms with Crippen molar-refractivity contribution in [1.29, 1.82) is 0 Å². The van der Waals surface area contributed by atoms with Gasteiger partial charge in [0.1, 0.15) is 0 Å². The van der Waals surface area contributed by atoms with Gasteiger partial charge in [-0.2, -0.15) is 15.0 Å². The first kappa shape index (κ1) is 12.4. The van der Waals surface area contributed by atoms with E-state index in [0.29, 0.717) is 17.9 Å². The van der Waals surface area contributed by atoms with E-state index in [0.717, 1.165) is 25.0 Å². The standard InChI is InChI=1S/C13H22N6/c1-9-7-10(8-9)15-12-16-11(14-2)17-13(18-12)19-5-3-4-6-19/h9-10H,3-8H2,1-2H3,(H2,14,15,16,17,18). The van der Waals surface area contributed by atoms with Gasteiger partial charge in [-0.15, -0.1) is 0 Å². The molecule has 0 spiro atoms. The van der Waals surface area contributed by atoms with E-state index >= 15 is 0 Å². The molecule has 0 amide bonds. The van der Waals surface area contributed by atoms with Crippen LogP contribution < -0.4 is 15.5 Å². The maximum atomic E-state index is 4.56. The smallest absolute Gasteiger partial charge is 0.231 e. The summed E-state index contributed by atoms with van der Waals surface area (Å²) in [7, 11) is 1.85. The Morgan fingerprint density at radius 2 is 1.74 bits per heavy atom. The zero-order valence-electron chi connectivity index (χ0n) is 11.7. The zero-order chi connectivity index (χ0) is 13.2. The van der Waals surface area contributed by atoms with Crippen LogP contribution in [0.15, 0.2) is 0 Å². The molecule has 2 fully saturated rings. The minimum atomic E-state index is 0.522. The van der Waals surface area contributed by atoms with Crippen molar-refractivity contribution in [2.45, 2.75) is 38.6 Å². The third-order valence-corrected chi connectivity index (χ3v) is 3.94. The van der Waals surface area contributed by atoms with E-state index in [9.17, 15) is 0 Å². The number of anilines is 3. The second-order valence-electron chi connectivity index (χ2n) is 5.64. The summed E-state index contributed by atoms with van der Waals surface area (Å²) < 4.78 is 0. The first-order valence-corrected chi connectivity index (χ1v) is 7.20. The Morgan fingerprint density at radius 1 is 1.05 bits per heavy atom. The van der Waals surface area contributed by atoms with Crippen LogP contribution in [0.2, 0.25) is 0 Å². The molecule has 19 heavy (non-hydrogen) atoms. The summed E-state index contributed by atoms with van der Waals surface area (Å²) in [6.45, 7) is 4.38. The van der Waals surface area contributed by atoms with E-state index in [-0.39, 0.29) is 0 Å². The van der Waals surface area contributed by atoms with Crippen LogP contribution in [0.3, 0.4) is 0 Å². The Bertz CT molecular complexity index is 437. The van der Waals surface area contributed by atoms with Gasteiger partial charge in [0.05, 0.1) is 0 Å². The molecule has 104 valence electrons. The molecule has 6 nitrogen and oxygen atoms in total. The molecule has 0 aromatic carbocycles. The number of hydrogen-bond donors (Lipinski definition) is 2. The van der Waals surface area contributed by atoms with Gasteiger partial charge < -0.3 is 15.5 Å². The molecule has 0 unspecified atom stereocenters. The van der Waals surface area contributed by atoms with Gasteiger partial charge in [-0.05, 0) is 31.6 Å². The van der Waals surface area contributed by atoms with Gasteiger partial charge in [0.15, 0.2) is 0 Å². The van der Waals surface area contributed by atoms with Crippen LogP contribution in [0.25, 0.3) is 0 Å². The highest BCUT2D eigenvalue weighted by atomic mass is 15.3. The van der Waals surface area contributed by atoms with E-state index < -0.39 is 0 Å². The molecule has 0 radical (unpaired) electrons. The highest BCUT2D eigenvalue weighted by Crippen LogP contribution is 2.29. The molecule has 1 aliphatic carbocycles. The van der Waals surface area contributed by atoms with Crippen LogP contribution in [-0.2, 0) is 0 Å². The van der Waals surface area contributed by atoms with Gasteiger partial charge in [-0.1, -0.05) is 6.92 Å². The lowest BCUT2D eigenvalue weighted by atomic mass is 9.82. The van der Waals surface area contributed by atoms with Crippen LogP contribution in [-0.4, -0.2) is 41.1 Å². The van der Waals surface area contributed by atoms with Crippen molar-refractivity contribution < 1.29 is 0 Å². The quantitative estimate of drug-likeness (QED) is 0.861. The average Bonchev–Trinajstić information content (AvgIpc) is 2.90. The number of aromatic nitrogens is 3. The number of hydrogen-bond acceptors (Lipinski definition) is 6. The minimum Gasteiger partial charge on any atom is -0.357 e. The molecule has 3 rings (SSSR count). The maximum absolute atomic E-state index is 4.56. The van der Waals surface area contributed by atoms with Gasteiger partial charge in [0, 0.05) is 26.2 Å². The first-order valence-electron chi connectivity index (χ1n) is 7.20. The average molecular weight is 262 g/mol. The Labute approximate surface area is 114 Å². The van der Waals surface area contributed by atoms with Crippen molar-refractivity contribution in [3.8, 4) is 0 Å². The fourth-order valence-electron chi connectivity index (χ4n) is 2.80. The van der Waals surface area contributed by atoms with E-state index in [1.54, 1.807) is 0 Å². The van der Waals surface area contributed by atoms with Gasteiger partial charge in [0.2, 0.25) is 17.8 Å². The van der Waals surface area contributed by atoms with E-state index in [1.807, 2.05) is 7.05 Å². The lowest BCUT2D eigenvalue weighted by Gasteiger charge is -2.33. The summed E-state index contributed by atoms with van der Waals surface area (Å²) in [4.78, 5) is 15.6. The molecule has 1 saturated carbocycles. The molecule has 0 bridgehead atoms. The van der Waals surface area contributed by atoms with Crippen LogP contribution in [0.1, 0.15) is 32.6 Å². The lowest BCUT2D eigenvalue weighted by Crippen LogP contribution is -2.34. The van der Waals surface area contributed by atoms with Crippen LogP contribution in [0, 0.1) is 5.92 Å². The largest absolute Gasteiger partial charge is 0.357 e. The second kappa shape index (κ2) is 5.19. The van der Waals surface area contributed by atoms with Crippen LogP contribution >= 0.6 is 0 Å². The molecule has 1 aliphatic heterocycles. The SMILES string of the molecule is CNc1nc(NC2CC(C)C2)nc(N2CCCC2)n1. The van der Waals surface area contributed by atoms with Gasteiger partial charge >= 0.3 is 0 Å². The Hall–Kier alpha value is -1.59. The number of nitrogens with zero attached hydrogens (tertiary/aromatic N) is 4. The normalized spacial score (nSPS) is 26.1. The van der Waals surface area contributed by atoms with Crippen LogP contribution in [0.5, 0.6) is 0 Å². The molecule has 1 saturated heterocycles. The highest BCUT2D eigenvalue weighted by Gasteiger charge is 2.26. The Kier molecular flexibility index (Phi) is 3.40. The molecule has 2 N–H and O–H groups in total. The van der Waals surface area contributed by atoms with Gasteiger partial charge in [0.25, 0.3) is 0 Å². The van der Waals surface area contributed by atoms with E-state index in [4.69, 9.17) is 0 Å². The number of rotatable bonds is 4. The van der Waals surface area contributed by atoms with Crippen molar-refractivity contribution in [2.75, 3.05) is 35.7 Å². The Balaban J connectivity index is 1.76. The van der Waals surface area contributed by atoms with Crippen molar-refractivity contribution in [3.63, 3.8) is 0 Å². The first-order chi connectivity index (χ1) is 9.24. The third kappa shape index (κ3) is 2.72.